The number of ether oxygens (including phenoxy) is 1. The first-order valence-electron chi connectivity index (χ1n) is 8.79. The summed E-state index contributed by atoms with van der Waals surface area (Å²) in [5.74, 6) is 2.39. The molecule has 1 amide bonds. The molecule has 0 aromatic carbocycles. The fourth-order valence-electron chi connectivity index (χ4n) is 4.76. The smallest absolute Gasteiger partial charge is 0.264 e. The summed E-state index contributed by atoms with van der Waals surface area (Å²) in [5, 5.41) is 4.49. The molecule has 122 valence electrons. The van der Waals surface area contributed by atoms with Crippen LogP contribution in [-0.4, -0.2) is 35.1 Å². The number of fused-ring (bicyclic) bond motifs is 2. The van der Waals surface area contributed by atoms with Gasteiger partial charge in [-0.25, -0.2) is 0 Å². The lowest BCUT2D eigenvalue weighted by atomic mass is 9.89. The van der Waals surface area contributed by atoms with Crippen molar-refractivity contribution in [1.82, 2.24) is 5.32 Å². The highest BCUT2D eigenvalue weighted by Gasteiger charge is 2.45. The second kappa shape index (κ2) is 5.82. The summed E-state index contributed by atoms with van der Waals surface area (Å²) >= 11 is 1.68. The molecule has 0 aromatic heterocycles. The van der Waals surface area contributed by atoms with E-state index in [0.717, 1.165) is 49.5 Å². The molecule has 3 fully saturated rings. The second-order valence-electron chi connectivity index (χ2n) is 7.74. The molecule has 4 rings (SSSR count). The molecule has 0 spiro atoms. The molecule has 1 N–H and O–H groups in total. The lowest BCUT2D eigenvalue weighted by Crippen LogP contribution is -2.37. The summed E-state index contributed by atoms with van der Waals surface area (Å²) in [5.41, 5.74) is 0. The van der Waals surface area contributed by atoms with E-state index in [4.69, 9.17) is 4.74 Å². The van der Waals surface area contributed by atoms with Gasteiger partial charge in [0.15, 0.2) is 5.17 Å². The molecule has 5 heteroatoms. The fourth-order valence-corrected chi connectivity index (χ4v) is 5.98. The van der Waals surface area contributed by atoms with Gasteiger partial charge >= 0.3 is 0 Å². The number of nitrogens with one attached hydrogen (secondary N) is 1. The van der Waals surface area contributed by atoms with E-state index in [0.29, 0.717) is 12.0 Å². The monoisotopic (exact) mass is 322 g/mol. The number of hydrogen-bond acceptors (Lipinski definition) is 4. The summed E-state index contributed by atoms with van der Waals surface area (Å²) in [6.07, 6.45) is 8.51. The molecule has 4 aliphatic rings. The van der Waals surface area contributed by atoms with Crippen LogP contribution in [0.25, 0.3) is 0 Å². The third-order valence-electron chi connectivity index (χ3n) is 6.04. The molecular weight excluding hydrogens is 296 g/mol. The predicted molar refractivity (Wildman–Crippen MR) is 89.0 cm³/mol. The Bertz CT molecular complexity index is 489. The molecule has 2 aliphatic carbocycles. The van der Waals surface area contributed by atoms with Crippen molar-refractivity contribution < 1.29 is 9.53 Å². The summed E-state index contributed by atoms with van der Waals surface area (Å²) in [6, 6.07) is 0.559. The van der Waals surface area contributed by atoms with Gasteiger partial charge in [-0.3, -0.25) is 4.79 Å². The number of amides is 1. The Hall–Kier alpha value is -0.550. The average Bonchev–Trinajstić information content (AvgIpc) is 3.16. The first-order valence-corrected chi connectivity index (χ1v) is 9.60. The maximum absolute atomic E-state index is 12.4. The molecule has 0 aromatic rings. The van der Waals surface area contributed by atoms with Gasteiger partial charge in [-0.1, -0.05) is 18.2 Å². The molecule has 2 aliphatic heterocycles. The first-order chi connectivity index (χ1) is 10.6. The maximum Gasteiger partial charge on any atom is 0.264 e. The van der Waals surface area contributed by atoms with Crippen LogP contribution in [0.2, 0.25) is 0 Å². The minimum Gasteiger partial charge on any atom is -0.381 e. The van der Waals surface area contributed by atoms with Gasteiger partial charge in [0.25, 0.3) is 5.91 Å². The molecular formula is C17H26N2O2S. The van der Waals surface area contributed by atoms with E-state index in [2.05, 4.69) is 17.2 Å². The van der Waals surface area contributed by atoms with Crippen LogP contribution in [0.4, 0.5) is 0 Å². The summed E-state index contributed by atoms with van der Waals surface area (Å²) in [6.45, 7) is 3.77. The molecule has 1 unspecified atom stereocenters. The average molecular weight is 322 g/mol. The molecule has 4 atom stereocenters. The number of carbonyl (C=O) groups excluding carboxylic acids is 1. The van der Waals surface area contributed by atoms with Gasteiger partial charge in [0.1, 0.15) is 4.75 Å². The maximum atomic E-state index is 12.4. The standard InChI is InChI=1S/C17H26N2O2S/c1-17(10-11-4-6-21-7-5-11)15(20)19-16(22-17)18-14-9-12-2-3-13(14)8-12/h11-14H,2-10H2,1H3,(H,18,19,20)/t12-,13+,14?,17+/m1/s1. The van der Waals surface area contributed by atoms with Crippen LogP contribution in [0.3, 0.4) is 0 Å². The molecule has 2 heterocycles. The molecule has 0 radical (unpaired) electrons. The Kier molecular flexibility index (Phi) is 3.97. The van der Waals surface area contributed by atoms with Crippen molar-refractivity contribution >= 4 is 22.8 Å². The van der Waals surface area contributed by atoms with Crippen LogP contribution >= 0.6 is 11.8 Å². The van der Waals surface area contributed by atoms with Crippen molar-refractivity contribution in [3.8, 4) is 0 Å². The topological polar surface area (TPSA) is 50.7 Å². The number of carbonyl (C=O) groups is 1. The molecule has 2 bridgehead atoms. The lowest BCUT2D eigenvalue weighted by Gasteiger charge is -2.29. The van der Waals surface area contributed by atoms with Crippen molar-refractivity contribution in [1.29, 1.82) is 0 Å². The quantitative estimate of drug-likeness (QED) is 0.868. The van der Waals surface area contributed by atoms with E-state index in [1.54, 1.807) is 11.8 Å². The number of amidine groups is 1. The Balaban J connectivity index is 1.35. The molecule has 1 saturated heterocycles. The minimum absolute atomic E-state index is 0.0645. The van der Waals surface area contributed by atoms with Crippen LogP contribution in [0.15, 0.2) is 4.99 Å². The van der Waals surface area contributed by atoms with E-state index >= 15 is 0 Å². The number of thioether (sulfide) groups is 1. The zero-order chi connectivity index (χ0) is 15.2. The third kappa shape index (κ3) is 2.82. The van der Waals surface area contributed by atoms with Crippen LogP contribution in [0, 0.1) is 17.8 Å². The van der Waals surface area contributed by atoms with E-state index in [1.807, 2.05) is 0 Å². The van der Waals surface area contributed by atoms with Gasteiger partial charge in [-0.2, -0.15) is 4.99 Å². The van der Waals surface area contributed by atoms with E-state index in [9.17, 15) is 4.79 Å². The van der Waals surface area contributed by atoms with Gasteiger partial charge in [0, 0.05) is 19.3 Å². The highest BCUT2D eigenvalue weighted by Crippen LogP contribution is 2.46. The second-order valence-corrected chi connectivity index (χ2v) is 9.23. The van der Waals surface area contributed by atoms with Gasteiger partial charge in [-0.05, 0) is 63.2 Å². The van der Waals surface area contributed by atoms with Gasteiger partial charge in [0.2, 0.25) is 0 Å². The molecule has 22 heavy (non-hydrogen) atoms. The zero-order valence-corrected chi connectivity index (χ0v) is 14.2. The van der Waals surface area contributed by atoms with E-state index in [1.165, 1.54) is 25.7 Å². The largest absolute Gasteiger partial charge is 0.381 e. The van der Waals surface area contributed by atoms with Crippen molar-refractivity contribution in [3.05, 3.63) is 0 Å². The predicted octanol–water partition coefficient (Wildman–Crippen LogP) is 2.97. The van der Waals surface area contributed by atoms with Crippen LogP contribution in [-0.2, 0) is 9.53 Å². The van der Waals surface area contributed by atoms with Gasteiger partial charge in [-0.15, -0.1) is 0 Å². The van der Waals surface area contributed by atoms with Crippen molar-refractivity contribution in [3.63, 3.8) is 0 Å². The number of aliphatic imine (C=N–C) groups is 1. The van der Waals surface area contributed by atoms with E-state index in [-0.39, 0.29) is 10.7 Å². The van der Waals surface area contributed by atoms with Crippen molar-refractivity contribution in [2.45, 2.75) is 62.7 Å². The Morgan fingerprint density at radius 1 is 1.27 bits per heavy atom. The zero-order valence-electron chi connectivity index (χ0n) is 13.3. The highest BCUT2D eigenvalue weighted by molar-refractivity contribution is 8.16. The van der Waals surface area contributed by atoms with Crippen LogP contribution in [0.5, 0.6) is 0 Å². The van der Waals surface area contributed by atoms with Crippen LogP contribution in [0.1, 0.15) is 51.9 Å². The Labute approximate surface area is 136 Å². The normalized spacial score (nSPS) is 42.0. The number of rotatable bonds is 3. The summed E-state index contributed by atoms with van der Waals surface area (Å²) in [4.78, 5) is 16.8. The third-order valence-corrected chi connectivity index (χ3v) is 7.24. The number of hydrogen-bond donors (Lipinski definition) is 1. The van der Waals surface area contributed by atoms with Gasteiger partial charge in [0.05, 0.1) is 0 Å². The van der Waals surface area contributed by atoms with Gasteiger partial charge < -0.3 is 10.1 Å². The van der Waals surface area contributed by atoms with Crippen molar-refractivity contribution in [2.75, 3.05) is 13.2 Å². The molecule has 2 saturated carbocycles. The van der Waals surface area contributed by atoms with Crippen molar-refractivity contribution in [2.24, 2.45) is 22.7 Å². The Morgan fingerprint density at radius 2 is 2.09 bits per heavy atom. The minimum atomic E-state index is -0.359. The molecule has 4 nitrogen and oxygen atoms in total. The first kappa shape index (κ1) is 15.0. The fraction of sp³-hybridized carbons (Fsp3) is 0.882. The summed E-state index contributed by atoms with van der Waals surface area (Å²) in [7, 11) is 0. The summed E-state index contributed by atoms with van der Waals surface area (Å²) < 4.78 is 5.07. The Morgan fingerprint density at radius 3 is 2.77 bits per heavy atom. The number of nitrogens with zero attached hydrogens (tertiary/aromatic N) is 1. The lowest BCUT2D eigenvalue weighted by molar-refractivity contribution is -0.120. The highest BCUT2D eigenvalue weighted by atomic mass is 32.2. The SMILES string of the molecule is C[C@@]1(CC2CCOCC2)SC(NC2C[C@@H]3CC[C@H]2C3)=NC1=O. The van der Waals surface area contributed by atoms with E-state index < -0.39 is 0 Å². The van der Waals surface area contributed by atoms with Crippen LogP contribution < -0.4 is 5.32 Å².